The first-order valence-corrected chi connectivity index (χ1v) is 7.23. The molecule has 0 radical (unpaired) electrons. The molecular formula is C14H21N3S. The van der Waals surface area contributed by atoms with E-state index in [0.717, 1.165) is 25.0 Å². The Balaban J connectivity index is 1.91. The Hall–Kier alpha value is -1.13. The van der Waals surface area contributed by atoms with E-state index in [2.05, 4.69) is 36.5 Å². The van der Waals surface area contributed by atoms with Gasteiger partial charge >= 0.3 is 0 Å². The molecule has 1 unspecified atom stereocenters. The lowest BCUT2D eigenvalue weighted by Crippen LogP contribution is -2.23. The Morgan fingerprint density at radius 3 is 2.78 bits per heavy atom. The first-order valence-electron chi connectivity index (χ1n) is 6.35. The first-order chi connectivity index (χ1) is 8.58. The summed E-state index contributed by atoms with van der Waals surface area (Å²) in [6.07, 6.45) is 3.03. The van der Waals surface area contributed by atoms with Gasteiger partial charge in [0, 0.05) is 23.7 Å². The molecule has 2 aromatic rings. The van der Waals surface area contributed by atoms with Crippen LogP contribution in [0.15, 0.2) is 17.5 Å². The summed E-state index contributed by atoms with van der Waals surface area (Å²) < 4.78 is 1.95. The fourth-order valence-corrected chi connectivity index (χ4v) is 3.10. The van der Waals surface area contributed by atoms with Gasteiger partial charge < -0.3 is 5.73 Å². The van der Waals surface area contributed by atoms with Gasteiger partial charge in [-0.2, -0.15) is 5.10 Å². The zero-order valence-electron chi connectivity index (χ0n) is 11.3. The third-order valence-corrected chi connectivity index (χ3v) is 4.37. The maximum Gasteiger partial charge on any atom is 0.0628 e. The molecule has 2 rings (SSSR count). The van der Waals surface area contributed by atoms with Crippen LogP contribution in [0.5, 0.6) is 0 Å². The molecule has 0 bridgehead atoms. The number of rotatable bonds is 5. The van der Waals surface area contributed by atoms with E-state index < -0.39 is 0 Å². The Labute approximate surface area is 113 Å². The van der Waals surface area contributed by atoms with E-state index in [-0.39, 0.29) is 6.04 Å². The van der Waals surface area contributed by atoms with Crippen molar-refractivity contribution in [1.82, 2.24) is 9.78 Å². The Morgan fingerprint density at radius 2 is 2.22 bits per heavy atom. The highest BCUT2D eigenvalue weighted by Crippen LogP contribution is 2.17. The van der Waals surface area contributed by atoms with Gasteiger partial charge in [0.1, 0.15) is 0 Å². The van der Waals surface area contributed by atoms with Crippen molar-refractivity contribution in [2.45, 2.75) is 39.2 Å². The Morgan fingerprint density at radius 1 is 1.44 bits per heavy atom. The fourth-order valence-electron chi connectivity index (χ4n) is 2.30. The molecule has 0 amide bonds. The molecule has 0 saturated carbocycles. The zero-order valence-corrected chi connectivity index (χ0v) is 12.1. The Kier molecular flexibility index (Phi) is 4.19. The van der Waals surface area contributed by atoms with Crippen LogP contribution in [-0.4, -0.2) is 15.8 Å². The minimum atomic E-state index is 0.239. The molecule has 0 aliphatic carbocycles. The molecule has 2 N–H and O–H groups in total. The third-order valence-electron chi connectivity index (χ3n) is 3.47. The second-order valence-corrected chi connectivity index (χ2v) is 5.89. The number of thiophene rings is 1. The molecule has 3 nitrogen and oxygen atoms in total. The maximum absolute atomic E-state index is 6.20. The lowest BCUT2D eigenvalue weighted by molar-refractivity contribution is 0.612. The molecule has 0 aliphatic heterocycles. The van der Waals surface area contributed by atoms with Crippen LogP contribution < -0.4 is 5.73 Å². The van der Waals surface area contributed by atoms with Gasteiger partial charge in [-0.3, -0.25) is 4.68 Å². The number of aromatic nitrogens is 2. The van der Waals surface area contributed by atoms with Crippen LogP contribution in [0.4, 0.5) is 0 Å². The highest BCUT2D eigenvalue weighted by molar-refractivity contribution is 7.09. The van der Waals surface area contributed by atoms with Crippen molar-refractivity contribution in [1.29, 1.82) is 0 Å². The molecule has 0 aliphatic rings. The summed E-state index contributed by atoms with van der Waals surface area (Å²) in [5.74, 6) is 0. The van der Waals surface area contributed by atoms with Crippen LogP contribution in [0.3, 0.4) is 0 Å². The predicted octanol–water partition coefficient (Wildman–Crippen LogP) is 2.60. The van der Waals surface area contributed by atoms with Crippen molar-refractivity contribution in [2.75, 3.05) is 0 Å². The SMILES string of the molecule is Cc1nn(C)c(C)c1CCC(N)Cc1cccs1. The molecule has 18 heavy (non-hydrogen) atoms. The minimum absolute atomic E-state index is 0.239. The maximum atomic E-state index is 6.20. The minimum Gasteiger partial charge on any atom is -0.327 e. The summed E-state index contributed by atoms with van der Waals surface area (Å²) in [7, 11) is 2.00. The molecule has 2 heterocycles. The fraction of sp³-hybridized carbons (Fsp3) is 0.500. The van der Waals surface area contributed by atoms with Gasteiger partial charge in [-0.25, -0.2) is 0 Å². The van der Waals surface area contributed by atoms with E-state index in [4.69, 9.17) is 5.73 Å². The molecule has 98 valence electrons. The smallest absolute Gasteiger partial charge is 0.0628 e. The average molecular weight is 263 g/mol. The topological polar surface area (TPSA) is 43.8 Å². The van der Waals surface area contributed by atoms with Crippen LogP contribution in [0.1, 0.15) is 28.2 Å². The van der Waals surface area contributed by atoms with Crippen molar-refractivity contribution in [3.63, 3.8) is 0 Å². The number of aryl methyl sites for hydroxylation is 2. The van der Waals surface area contributed by atoms with Crippen LogP contribution in [0.2, 0.25) is 0 Å². The van der Waals surface area contributed by atoms with E-state index in [1.165, 1.54) is 16.1 Å². The van der Waals surface area contributed by atoms with Gasteiger partial charge in [-0.05, 0) is 50.1 Å². The van der Waals surface area contributed by atoms with Crippen molar-refractivity contribution in [3.8, 4) is 0 Å². The van der Waals surface area contributed by atoms with Crippen LogP contribution in [0.25, 0.3) is 0 Å². The molecule has 2 aromatic heterocycles. The van der Waals surface area contributed by atoms with Gasteiger partial charge in [0.15, 0.2) is 0 Å². The van der Waals surface area contributed by atoms with Gasteiger partial charge in [-0.1, -0.05) is 6.07 Å². The largest absolute Gasteiger partial charge is 0.327 e. The highest BCUT2D eigenvalue weighted by atomic mass is 32.1. The summed E-state index contributed by atoms with van der Waals surface area (Å²) in [5.41, 5.74) is 9.96. The zero-order chi connectivity index (χ0) is 13.1. The van der Waals surface area contributed by atoms with E-state index in [9.17, 15) is 0 Å². The standard InChI is InChI=1S/C14H21N3S/c1-10-14(11(2)17(3)16-10)7-6-12(15)9-13-5-4-8-18-13/h4-5,8,12H,6-7,9,15H2,1-3H3. The molecular weight excluding hydrogens is 242 g/mol. The molecule has 0 fully saturated rings. The Bertz CT molecular complexity index is 499. The normalized spacial score (nSPS) is 12.9. The second kappa shape index (κ2) is 5.67. The van der Waals surface area contributed by atoms with Crippen LogP contribution >= 0.6 is 11.3 Å². The number of hydrogen-bond acceptors (Lipinski definition) is 3. The van der Waals surface area contributed by atoms with Gasteiger partial charge in [0.05, 0.1) is 5.69 Å². The monoisotopic (exact) mass is 263 g/mol. The molecule has 0 spiro atoms. The summed E-state index contributed by atoms with van der Waals surface area (Å²) in [5, 5.41) is 6.55. The van der Waals surface area contributed by atoms with E-state index in [1.54, 1.807) is 11.3 Å². The first kappa shape index (κ1) is 13.3. The third kappa shape index (κ3) is 3.00. The second-order valence-electron chi connectivity index (χ2n) is 4.86. The van der Waals surface area contributed by atoms with Gasteiger partial charge in [0.2, 0.25) is 0 Å². The van der Waals surface area contributed by atoms with Gasteiger partial charge in [0.25, 0.3) is 0 Å². The van der Waals surface area contributed by atoms with E-state index in [0.29, 0.717) is 0 Å². The average Bonchev–Trinajstić information content (AvgIpc) is 2.88. The summed E-state index contributed by atoms with van der Waals surface area (Å²) in [6.45, 7) is 4.20. The summed E-state index contributed by atoms with van der Waals surface area (Å²) >= 11 is 1.79. The number of nitrogens with two attached hydrogens (primary N) is 1. The van der Waals surface area contributed by atoms with Crippen molar-refractivity contribution >= 4 is 11.3 Å². The summed E-state index contributed by atoms with van der Waals surface area (Å²) in [6, 6.07) is 4.48. The molecule has 0 saturated heterocycles. The predicted molar refractivity (Wildman–Crippen MR) is 77.0 cm³/mol. The van der Waals surface area contributed by atoms with Crippen molar-refractivity contribution in [2.24, 2.45) is 12.8 Å². The molecule has 0 aromatic carbocycles. The van der Waals surface area contributed by atoms with E-state index >= 15 is 0 Å². The quantitative estimate of drug-likeness (QED) is 0.901. The van der Waals surface area contributed by atoms with Crippen LogP contribution in [-0.2, 0) is 19.9 Å². The highest BCUT2D eigenvalue weighted by Gasteiger charge is 2.11. The molecule has 4 heteroatoms. The van der Waals surface area contributed by atoms with Crippen molar-refractivity contribution in [3.05, 3.63) is 39.3 Å². The van der Waals surface area contributed by atoms with Crippen LogP contribution in [0, 0.1) is 13.8 Å². The number of hydrogen-bond donors (Lipinski definition) is 1. The van der Waals surface area contributed by atoms with Gasteiger partial charge in [-0.15, -0.1) is 11.3 Å². The summed E-state index contributed by atoms with van der Waals surface area (Å²) in [4.78, 5) is 1.38. The lowest BCUT2D eigenvalue weighted by atomic mass is 10.0. The van der Waals surface area contributed by atoms with Crippen molar-refractivity contribution < 1.29 is 0 Å². The lowest BCUT2D eigenvalue weighted by Gasteiger charge is -2.10. The van der Waals surface area contributed by atoms with E-state index in [1.807, 2.05) is 11.7 Å². The number of nitrogens with zero attached hydrogens (tertiary/aromatic N) is 2. The molecule has 1 atom stereocenters.